The van der Waals surface area contributed by atoms with E-state index in [1.807, 2.05) is 0 Å². The minimum atomic E-state index is -1.32. The van der Waals surface area contributed by atoms with Gasteiger partial charge in [-0.15, -0.1) is 0 Å². The number of hydrogen-bond donors (Lipinski definition) is 1. The van der Waals surface area contributed by atoms with Crippen molar-refractivity contribution in [1.29, 1.82) is 0 Å². The summed E-state index contributed by atoms with van der Waals surface area (Å²) in [4.78, 5) is 47.5. The third-order valence-electron chi connectivity index (χ3n) is 2.06. The zero-order valence-corrected chi connectivity index (χ0v) is 9.81. The second kappa shape index (κ2) is 5.65. The molecule has 1 rings (SSSR count). The summed E-state index contributed by atoms with van der Waals surface area (Å²) in [7, 11) is 0. The highest BCUT2D eigenvalue weighted by Crippen LogP contribution is 2.02. The Morgan fingerprint density at radius 3 is 2.53 bits per heavy atom. The van der Waals surface area contributed by atoms with Crippen molar-refractivity contribution in [1.82, 2.24) is 9.13 Å². The molecule has 1 heterocycles. The molecule has 19 heavy (non-hydrogen) atoms. The van der Waals surface area contributed by atoms with Gasteiger partial charge in [0.15, 0.2) is 0 Å². The number of carboxylic acid groups (broad SMARTS) is 1. The molecule has 0 spiro atoms. The van der Waals surface area contributed by atoms with Crippen molar-refractivity contribution in [3.05, 3.63) is 37.5 Å². The first kappa shape index (κ1) is 14.2. The molecule has 0 atom stereocenters. The highest BCUT2D eigenvalue weighted by molar-refractivity contribution is 5.75. The molecule has 0 aliphatic rings. The van der Waals surface area contributed by atoms with Crippen LogP contribution in [0.15, 0.2) is 20.9 Å². The number of carboxylic acids is 1. The van der Waals surface area contributed by atoms with Gasteiger partial charge in [-0.1, -0.05) is 5.11 Å². The molecular weight excluding hydrogens is 258 g/mol. The predicted octanol–water partition coefficient (Wildman–Crippen LogP) is -0.375. The minimum absolute atomic E-state index is 0.454. The van der Waals surface area contributed by atoms with E-state index in [0.29, 0.717) is 9.13 Å². The number of hydrogen-bond acceptors (Lipinski definition) is 5. The average Bonchev–Trinajstić information content (AvgIpc) is 2.30. The molecule has 0 saturated heterocycles. The van der Waals surface area contributed by atoms with E-state index in [0.717, 1.165) is 13.1 Å². The molecule has 100 valence electrons. The van der Waals surface area contributed by atoms with Crippen LogP contribution in [0.5, 0.6) is 0 Å². The van der Waals surface area contributed by atoms with Gasteiger partial charge < -0.3 is 5.11 Å². The van der Waals surface area contributed by atoms with Gasteiger partial charge in [-0.3, -0.25) is 23.5 Å². The third kappa shape index (κ3) is 3.30. The summed E-state index contributed by atoms with van der Waals surface area (Å²) in [5.74, 6) is -1.79. The van der Waals surface area contributed by atoms with Crippen LogP contribution in [0.1, 0.15) is 6.92 Å². The average molecular weight is 267 g/mol. The third-order valence-corrected chi connectivity index (χ3v) is 2.06. The van der Waals surface area contributed by atoms with Crippen LogP contribution in [0.3, 0.4) is 0 Å². The Hall–Kier alpha value is -2.87. The van der Waals surface area contributed by atoms with Gasteiger partial charge in [-0.05, 0) is 12.5 Å². The van der Waals surface area contributed by atoms with E-state index in [9.17, 15) is 19.2 Å². The first-order valence-corrected chi connectivity index (χ1v) is 4.97. The van der Waals surface area contributed by atoms with Gasteiger partial charge in [-0.2, -0.15) is 0 Å². The Kier molecular flexibility index (Phi) is 4.22. The van der Waals surface area contributed by atoms with E-state index in [1.54, 1.807) is 0 Å². The normalized spacial score (nSPS) is 9.74. The molecule has 0 aromatic carbocycles. The fourth-order valence-electron chi connectivity index (χ4n) is 1.38. The standard InChI is InChI=1S/C9H9N5O5/c1-5(15)2-14-8(18)6(11-12-10)3-13(9(14)19)4-7(16)17/h3H,2,4H2,1H3,(H,16,17). The van der Waals surface area contributed by atoms with Crippen molar-refractivity contribution in [3.63, 3.8) is 0 Å². The van der Waals surface area contributed by atoms with E-state index in [4.69, 9.17) is 10.6 Å². The number of nitrogens with zero attached hydrogens (tertiary/aromatic N) is 5. The van der Waals surface area contributed by atoms with Gasteiger partial charge in [0.05, 0.1) is 6.54 Å². The maximum absolute atomic E-state index is 11.8. The first-order valence-electron chi connectivity index (χ1n) is 4.97. The maximum Gasteiger partial charge on any atom is 0.331 e. The molecule has 0 unspecified atom stereocenters. The van der Waals surface area contributed by atoms with Crippen molar-refractivity contribution < 1.29 is 14.7 Å². The summed E-state index contributed by atoms with van der Waals surface area (Å²) >= 11 is 0. The second-order valence-electron chi connectivity index (χ2n) is 3.60. The molecular formula is C9H9N5O5. The van der Waals surface area contributed by atoms with E-state index in [1.165, 1.54) is 0 Å². The van der Waals surface area contributed by atoms with E-state index >= 15 is 0 Å². The van der Waals surface area contributed by atoms with Crippen LogP contribution in [0, 0.1) is 0 Å². The largest absolute Gasteiger partial charge is 0.480 e. The number of Topliss-reactive ketones (excluding diaryl/α,β-unsaturated/α-hetero) is 1. The summed E-state index contributed by atoms with van der Waals surface area (Å²) in [6, 6.07) is 0. The number of aromatic nitrogens is 2. The Morgan fingerprint density at radius 1 is 1.42 bits per heavy atom. The zero-order chi connectivity index (χ0) is 14.6. The van der Waals surface area contributed by atoms with Crippen LogP contribution < -0.4 is 11.2 Å². The molecule has 0 bridgehead atoms. The van der Waals surface area contributed by atoms with Gasteiger partial charge >= 0.3 is 11.7 Å². The first-order chi connectivity index (χ1) is 8.86. The zero-order valence-electron chi connectivity index (χ0n) is 9.81. The highest BCUT2D eigenvalue weighted by Gasteiger charge is 2.13. The summed E-state index contributed by atoms with van der Waals surface area (Å²) < 4.78 is 1.20. The molecule has 0 fully saturated rings. The maximum atomic E-state index is 11.8. The molecule has 10 heteroatoms. The fraction of sp³-hybridized carbons (Fsp3) is 0.333. The number of aliphatic carboxylic acids is 1. The summed E-state index contributed by atoms with van der Waals surface area (Å²) in [5, 5.41) is 11.7. The predicted molar refractivity (Wildman–Crippen MR) is 62.1 cm³/mol. The number of carbonyl (C=O) groups is 2. The van der Waals surface area contributed by atoms with Crippen molar-refractivity contribution in [2.24, 2.45) is 5.11 Å². The highest BCUT2D eigenvalue weighted by atomic mass is 16.4. The smallest absolute Gasteiger partial charge is 0.331 e. The Labute approximate surface area is 105 Å². The SMILES string of the molecule is CC(=O)Cn1c(=O)c(N=[N+]=[N-])cn(CC(=O)O)c1=O. The molecule has 0 aliphatic heterocycles. The lowest BCUT2D eigenvalue weighted by Crippen LogP contribution is -2.41. The number of azide groups is 1. The Balaban J connectivity index is 3.59. The van der Waals surface area contributed by atoms with Gasteiger partial charge in [-0.25, -0.2) is 4.79 Å². The van der Waals surface area contributed by atoms with E-state index in [-0.39, 0.29) is 0 Å². The summed E-state index contributed by atoms with van der Waals surface area (Å²) in [5.41, 5.74) is 5.94. The summed E-state index contributed by atoms with van der Waals surface area (Å²) in [6.07, 6.45) is 0.842. The van der Waals surface area contributed by atoms with E-state index < -0.39 is 41.8 Å². The molecule has 1 N–H and O–H groups in total. The quantitative estimate of drug-likeness (QED) is 0.438. The second-order valence-corrected chi connectivity index (χ2v) is 3.60. The fourth-order valence-corrected chi connectivity index (χ4v) is 1.38. The van der Waals surface area contributed by atoms with Gasteiger partial charge in [0.25, 0.3) is 5.56 Å². The van der Waals surface area contributed by atoms with Gasteiger partial charge in [0, 0.05) is 11.1 Å². The Morgan fingerprint density at radius 2 is 2.05 bits per heavy atom. The molecule has 10 nitrogen and oxygen atoms in total. The lowest BCUT2D eigenvalue weighted by atomic mass is 10.4. The minimum Gasteiger partial charge on any atom is -0.480 e. The van der Waals surface area contributed by atoms with E-state index in [2.05, 4.69) is 10.0 Å². The van der Waals surface area contributed by atoms with Crippen LogP contribution in [-0.4, -0.2) is 26.0 Å². The molecule has 0 saturated carbocycles. The van der Waals surface area contributed by atoms with Gasteiger partial charge in [0.1, 0.15) is 18.0 Å². The molecule has 0 radical (unpaired) electrons. The van der Waals surface area contributed by atoms with Crippen LogP contribution in [0.2, 0.25) is 0 Å². The number of carbonyl (C=O) groups excluding carboxylic acids is 1. The van der Waals surface area contributed by atoms with Crippen LogP contribution in [-0.2, 0) is 22.7 Å². The van der Waals surface area contributed by atoms with Crippen LogP contribution >= 0.6 is 0 Å². The molecule has 1 aromatic heterocycles. The van der Waals surface area contributed by atoms with Crippen LogP contribution in [0.4, 0.5) is 5.69 Å². The molecule has 1 aromatic rings. The monoisotopic (exact) mass is 267 g/mol. The lowest BCUT2D eigenvalue weighted by molar-refractivity contribution is -0.137. The van der Waals surface area contributed by atoms with Crippen LogP contribution in [0.25, 0.3) is 10.4 Å². The summed E-state index contributed by atoms with van der Waals surface area (Å²) in [6.45, 7) is -0.0787. The van der Waals surface area contributed by atoms with Crippen molar-refractivity contribution in [2.75, 3.05) is 0 Å². The number of rotatable bonds is 5. The lowest BCUT2D eigenvalue weighted by Gasteiger charge is -2.08. The molecule has 0 amide bonds. The van der Waals surface area contributed by atoms with Gasteiger partial charge in [0.2, 0.25) is 0 Å². The van der Waals surface area contributed by atoms with Crippen molar-refractivity contribution in [3.8, 4) is 0 Å². The van der Waals surface area contributed by atoms with Crippen molar-refractivity contribution >= 4 is 17.4 Å². The Bertz CT molecular complexity index is 694. The topological polar surface area (TPSA) is 147 Å². The van der Waals surface area contributed by atoms with Crippen molar-refractivity contribution in [2.45, 2.75) is 20.0 Å². The number of ketones is 1. The molecule has 0 aliphatic carbocycles.